The largest absolute Gasteiger partial charge is 0.311 e. The smallest absolute Gasteiger partial charge is 0.252 e. The second-order valence-corrected chi connectivity index (χ2v) is 20.2. The molecule has 0 fully saturated rings. The SMILES string of the molecule is Cc1ccc(-c2cc3c4c(c2)N(c2ccccc2)c2cc5c(cc2B4c2ccccc2N3c2ccccc2)B2c3ccccc3N(c3ccccc3)c3cc(-c4ccc(C)cc4)cc(c32)N5c2ccccc2)cc1. The molecule has 0 atom stereocenters. The van der Waals surface area contributed by atoms with E-state index in [9.17, 15) is 0 Å². The van der Waals surface area contributed by atoms with Gasteiger partial charge in [-0.25, -0.2) is 0 Å². The molecular weight excluding hydrogens is 894 g/mol. The minimum atomic E-state index is -0.0712. The third kappa shape index (κ3) is 6.44. The van der Waals surface area contributed by atoms with Gasteiger partial charge in [0.2, 0.25) is 0 Å². The number of rotatable bonds is 6. The Bertz CT molecular complexity index is 3740. The second-order valence-electron chi connectivity index (χ2n) is 20.2. The molecule has 0 aromatic heterocycles. The third-order valence-electron chi connectivity index (χ3n) is 15.9. The molecule has 6 heteroatoms. The van der Waals surface area contributed by atoms with Crippen molar-refractivity contribution in [2.75, 3.05) is 19.6 Å². The van der Waals surface area contributed by atoms with Gasteiger partial charge in [-0.2, -0.15) is 0 Å². The number of para-hydroxylation sites is 6. The zero-order valence-electron chi connectivity index (χ0n) is 41.2. The van der Waals surface area contributed by atoms with Crippen molar-refractivity contribution in [3.63, 3.8) is 0 Å². The maximum absolute atomic E-state index is 2.62. The van der Waals surface area contributed by atoms with E-state index in [1.165, 1.54) is 112 Å². The zero-order chi connectivity index (χ0) is 49.0. The van der Waals surface area contributed by atoms with Crippen molar-refractivity contribution in [3.8, 4) is 22.3 Å². The molecule has 4 aliphatic heterocycles. The van der Waals surface area contributed by atoms with Gasteiger partial charge in [0, 0.05) is 68.2 Å². The molecule has 0 bridgehead atoms. The van der Waals surface area contributed by atoms with Crippen molar-refractivity contribution in [2.45, 2.75) is 13.8 Å². The molecule has 11 aromatic carbocycles. The fourth-order valence-electron chi connectivity index (χ4n) is 12.6. The Labute approximate surface area is 433 Å². The maximum atomic E-state index is 2.62. The number of aryl methyl sites for hydroxylation is 2. The topological polar surface area (TPSA) is 13.0 Å². The Kier molecular flexibility index (Phi) is 9.55. The van der Waals surface area contributed by atoms with Gasteiger partial charge in [0.1, 0.15) is 0 Å². The van der Waals surface area contributed by atoms with Crippen molar-refractivity contribution in [1.29, 1.82) is 0 Å². The number of hydrogen-bond donors (Lipinski definition) is 0. The van der Waals surface area contributed by atoms with E-state index >= 15 is 0 Å². The summed E-state index contributed by atoms with van der Waals surface area (Å²) < 4.78 is 0. The van der Waals surface area contributed by atoms with Crippen LogP contribution in [0.1, 0.15) is 11.1 Å². The summed E-state index contributed by atoms with van der Waals surface area (Å²) in [5.41, 5.74) is 29.0. The quantitative estimate of drug-likeness (QED) is 0.154. The summed E-state index contributed by atoms with van der Waals surface area (Å²) in [4.78, 5) is 10.2. The number of anilines is 12. The molecule has 0 spiro atoms. The van der Waals surface area contributed by atoms with E-state index in [1.807, 2.05) is 0 Å². The van der Waals surface area contributed by atoms with Crippen molar-refractivity contribution >= 4 is 114 Å². The van der Waals surface area contributed by atoms with Gasteiger partial charge in [-0.3, -0.25) is 0 Å². The van der Waals surface area contributed by atoms with E-state index in [2.05, 4.69) is 288 Å². The molecule has 0 saturated heterocycles. The summed E-state index contributed by atoms with van der Waals surface area (Å²) in [6, 6.07) is 95.3. The lowest BCUT2D eigenvalue weighted by Crippen LogP contribution is -2.65. The van der Waals surface area contributed by atoms with E-state index in [0.29, 0.717) is 0 Å². The van der Waals surface area contributed by atoms with Gasteiger partial charge >= 0.3 is 0 Å². The highest BCUT2D eigenvalue weighted by atomic mass is 15.2. The molecule has 15 rings (SSSR count). The third-order valence-corrected chi connectivity index (χ3v) is 15.9. The van der Waals surface area contributed by atoms with Crippen molar-refractivity contribution < 1.29 is 0 Å². The fraction of sp³-hybridized carbons (Fsp3) is 0.0294. The molecule has 346 valence electrons. The average Bonchev–Trinajstić information content (AvgIpc) is 3.48. The minimum absolute atomic E-state index is 0.0712. The maximum Gasteiger partial charge on any atom is 0.252 e. The number of fused-ring (bicyclic) bond motifs is 8. The van der Waals surface area contributed by atoms with Gasteiger partial charge in [0.15, 0.2) is 0 Å². The van der Waals surface area contributed by atoms with Crippen molar-refractivity contribution in [3.05, 3.63) is 266 Å². The fourth-order valence-corrected chi connectivity index (χ4v) is 12.6. The van der Waals surface area contributed by atoms with Crippen LogP contribution in [-0.2, 0) is 0 Å². The first-order valence-electron chi connectivity index (χ1n) is 25.8. The Morgan fingerprint density at radius 2 is 0.527 bits per heavy atom. The molecule has 0 N–H and O–H groups in total. The van der Waals surface area contributed by atoms with Crippen LogP contribution in [0, 0.1) is 13.8 Å². The summed E-state index contributed by atoms with van der Waals surface area (Å²) in [6.45, 7) is 4.19. The first kappa shape index (κ1) is 42.4. The van der Waals surface area contributed by atoms with Gasteiger partial charge in [0.05, 0.1) is 0 Å². The lowest BCUT2D eigenvalue weighted by Gasteiger charge is -2.47. The normalized spacial score (nSPS) is 13.4. The van der Waals surface area contributed by atoms with E-state index in [4.69, 9.17) is 0 Å². The van der Waals surface area contributed by atoms with Gasteiger partial charge in [-0.1, -0.05) is 175 Å². The molecule has 11 aromatic rings. The average molecular weight is 943 g/mol. The van der Waals surface area contributed by atoms with Crippen LogP contribution in [0.15, 0.2) is 255 Å². The summed E-state index contributed by atoms with van der Waals surface area (Å²) >= 11 is 0. The zero-order valence-corrected chi connectivity index (χ0v) is 41.2. The molecule has 74 heavy (non-hydrogen) atoms. The van der Waals surface area contributed by atoms with Crippen LogP contribution < -0.4 is 52.4 Å². The number of nitrogens with zero attached hydrogens (tertiary/aromatic N) is 4. The molecule has 4 heterocycles. The van der Waals surface area contributed by atoms with E-state index in [-0.39, 0.29) is 13.4 Å². The highest BCUT2D eigenvalue weighted by Crippen LogP contribution is 2.50. The lowest BCUT2D eigenvalue weighted by molar-refractivity contribution is 1.23. The van der Waals surface area contributed by atoms with Crippen LogP contribution >= 0.6 is 0 Å². The second kappa shape index (κ2) is 16.7. The Morgan fingerprint density at radius 1 is 0.230 bits per heavy atom. The van der Waals surface area contributed by atoms with Crippen molar-refractivity contribution in [1.82, 2.24) is 0 Å². The minimum Gasteiger partial charge on any atom is -0.311 e. The predicted octanol–water partition coefficient (Wildman–Crippen LogP) is 13.8. The number of benzene rings is 11. The van der Waals surface area contributed by atoms with Gasteiger partial charge < -0.3 is 19.6 Å². The molecule has 4 aliphatic rings. The standard InChI is InChI=1S/C68H48B2N4/c1-45-31-35-47(36-32-45)49-39-63-67-65(41-49)73(53-23-11-5-12-24-53)61-44-62-58(43-57(61)69(67)55-27-15-17-29-59(55)71(63)51-19-7-3-8-20-51)70-56-28-16-18-30-60(56)72(52-21-9-4-10-22-52)64-40-50(48-37-33-46(2)34-38-48)42-66(68(64)70)74(62)54-25-13-6-14-26-54/h3-44H,1-2H3. The molecule has 0 unspecified atom stereocenters. The molecule has 0 saturated carbocycles. The lowest BCUT2D eigenvalue weighted by atomic mass is 9.30. The van der Waals surface area contributed by atoms with Crippen LogP contribution in [0.25, 0.3) is 22.3 Å². The number of hydrogen-bond acceptors (Lipinski definition) is 4. The first-order valence-corrected chi connectivity index (χ1v) is 25.8. The molecule has 0 radical (unpaired) electrons. The summed E-state index contributed by atoms with van der Waals surface area (Å²) in [5.74, 6) is 0. The summed E-state index contributed by atoms with van der Waals surface area (Å²) in [5, 5.41) is 0. The van der Waals surface area contributed by atoms with Gasteiger partial charge in [0.25, 0.3) is 13.4 Å². The van der Waals surface area contributed by atoms with E-state index in [0.717, 1.165) is 22.7 Å². The molecule has 0 amide bonds. The van der Waals surface area contributed by atoms with Crippen molar-refractivity contribution in [2.24, 2.45) is 0 Å². The summed E-state index contributed by atoms with van der Waals surface area (Å²) in [6.07, 6.45) is 0. The van der Waals surface area contributed by atoms with Gasteiger partial charge in [-0.15, -0.1) is 0 Å². The molecular formula is C68H48B2N4. The van der Waals surface area contributed by atoms with Crippen LogP contribution in [0.5, 0.6) is 0 Å². The van der Waals surface area contributed by atoms with E-state index < -0.39 is 0 Å². The highest BCUT2D eigenvalue weighted by molar-refractivity contribution is 7.03. The van der Waals surface area contributed by atoms with Gasteiger partial charge in [-0.05, 0) is 160 Å². The van der Waals surface area contributed by atoms with Crippen LogP contribution in [0.2, 0.25) is 0 Å². The summed E-state index contributed by atoms with van der Waals surface area (Å²) in [7, 11) is 0. The highest BCUT2D eigenvalue weighted by Gasteiger charge is 2.48. The molecule has 4 nitrogen and oxygen atoms in total. The van der Waals surface area contributed by atoms with Crippen LogP contribution in [0.3, 0.4) is 0 Å². The monoisotopic (exact) mass is 942 g/mol. The van der Waals surface area contributed by atoms with Crippen LogP contribution in [-0.4, -0.2) is 13.4 Å². The Morgan fingerprint density at radius 3 is 0.865 bits per heavy atom. The Balaban J connectivity index is 1.07. The predicted molar refractivity (Wildman–Crippen MR) is 315 cm³/mol. The molecule has 0 aliphatic carbocycles. The first-order chi connectivity index (χ1) is 36.6. The van der Waals surface area contributed by atoms with Crippen LogP contribution in [0.4, 0.5) is 68.2 Å². The van der Waals surface area contributed by atoms with E-state index in [1.54, 1.807) is 0 Å². The Hall–Kier alpha value is -9.25.